The van der Waals surface area contributed by atoms with Crippen molar-refractivity contribution in [1.82, 2.24) is 15.2 Å². The predicted molar refractivity (Wildman–Crippen MR) is 114 cm³/mol. The van der Waals surface area contributed by atoms with Crippen molar-refractivity contribution in [3.8, 4) is 0 Å². The van der Waals surface area contributed by atoms with Crippen LogP contribution in [0.25, 0.3) is 0 Å². The molecule has 2 amide bonds. The van der Waals surface area contributed by atoms with Gasteiger partial charge >= 0.3 is 0 Å². The highest BCUT2D eigenvalue weighted by molar-refractivity contribution is 5.85. The minimum absolute atomic E-state index is 0.0390. The first-order valence-corrected chi connectivity index (χ1v) is 10.3. The van der Waals surface area contributed by atoms with Crippen LogP contribution in [-0.4, -0.2) is 54.0 Å². The molecular weight excluding hydrogens is 380 g/mol. The zero-order valence-corrected chi connectivity index (χ0v) is 17.6. The number of anilines is 1. The van der Waals surface area contributed by atoms with E-state index in [2.05, 4.69) is 53.7 Å². The van der Waals surface area contributed by atoms with Crippen LogP contribution in [0.2, 0.25) is 0 Å². The number of amides is 2. The molecule has 1 fully saturated rings. The van der Waals surface area contributed by atoms with Gasteiger partial charge in [0.05, 0.1) is 30.7 Å². The molecule has 158 valence electrons. The summed E-state index contributed by atoms with van der Waals surface area (Å²) in [5.74, 6) is -0.357. The van der Waals surface area contributed by atoms with Gasteiger partial charge in [-0.05, 0) is 29.7 Å². The summed E-state index contributed by atoms with van der Waals surface area (Å²) in [6.45, 7) is 5.05. The van der Waals surface area contributed by atoms with Gasteiger partial charge in [-0.2, -0.15) is 0 Å². The quantitative estimate of drug-likeness (QED) is 0.789. The van der Waals surface area contributed by atoms with Gasteiger partial charge in [-0.3, -0.25) is 14.6 Å². The van der Waals surface area contributed by atoms with Gasteiger partial charge in [0.1, 0.15) is 6.61 Å². The van der Waals surface area contributed by atoms with Gasteiger partial charge < -0.3 is 20.3 Å². The minimum atomic E-state index is -0.639. The van der Waals surface area contributed by atoms with Crippen molar-refractivity contribution < 1.29 is 14.3 Å². The number of ether oxygens (including phenoxy) is 1. The van der Waals surface area contributed by atoms with Crippen LogP contribution in [0.15, 0.2) is 42.6 Å². The minimum Gasteiger partial charge on any atom is -0.380 e. The summed E-state index contributed by atoms with van der Waals surface area (Å²) in [4.78, 5) is 29.8. The van der Waals surface area contributed by atoms with E-state index in [0.717, 1.165) is 17.8 Å². The number of hydrogen-bond donors (Lipinski definition) is 2. The van der Waals surface area contributed by atoms with Crippen molar-refractivity contribution in [3.05, 3.63) is 59.4 Å². The van der Waals surface area contributed by atoms with E-state index in [1.807, 2.05) is 18.3 Å². The van der Waals surface area contributed by atoms with E-state index in [4.69, 9.17) is 4.74 Å². The Morgan fingerprint density at radius 3 is 2.77 bits per heavy atom. The Morgan fingerprint density at radius 1 is 1.30 bits per heavy atom. The average Bonchev–Trinajstić information content (AvgIpc) is 2.99. The molecule has 0 radical (unpaired) electrons. The Labute approximate surface area is 176 Å². The van der Waals surface area contributed by atoms with Gasteiger partial charge in [0, 0.05) is 18.5 Å². The van der Waals surface area contributed by atoms with Gasteiger partial charge in [-0.1, -0.05) is 38.1 Å². The Morgan fingerprint density at radius 2 is 2.10 bits per heavy atom. The van der Waals surface area contributed by atoms with Crippen molar-refractivity contribution >= 4 is 17.5 Å². The number of nitrogens with one attached hydrogen (secondary N) is 2. The number of morpholine rings is 1. The number of carbonyl (C=O) groups excluding carboxylic acids is 2. The van der Waals surface area contributed by atoms with Crippen LogP contribution in [0.3, 0.4) is 0 Å². The molecule has 2 aliphatic rings. The number of aromatic nitrogens is 1. The Bertz CT molecular complexity index is 932. The van der Waals surface area contributed by atoms with Crippen molar-refractivity contribution in [2.24, 2.45) is 0 Å². The molecule has 1 aromatic carbocycles. The molecule has 1 aromatic heterocycles. The molecule has 2 N–H and O–H groups in total. The van der Waals surface area contributed by atoms with Crippen LogP contribution in [-0.2, 0) is 32.7 Å². The topological polar surface area (TPSA) is 83.6 Å². The number of pyridine rings is 1. The normalized spacial score (nSPS) is 22.2. The van der Waals surface area contributed by atoms with Gasteiger partial charge in [-0.15, -0.1) is 0 Å². The molecule has 2 unspecified atom stereocenters. The van der Waals surface area contributed by atoms with E-state index < -0.39 is 6.10 Å². The SMILES string of the molecule is CN(Cc1ccc(NC2Cc3ccccc3C2(C)C)cn1)C(=O)C1CNC(=O)CO1. The maximum atomic E-state index is 12.5. The van der Waals surface area contributed by atoms with Crippen LogP contribution in [0.1, 0.15) is 30.7 Å². The first kappa shape index (κ1) is 20.3. The molecule has 2 aromatic rings. The highest BCUT2D eigenvalue weighted by Crippen LogP contribution is 2.39. The van der Waals surface area contributed by atoms with Crippen LogP contribution in [0.4, 0.5) is 5.69 Å². The Hall–Kier alpha value is -2.93. The summed E-state index contributed by atoms with van der Waals surface area (Å²) in [5.41, 5.74) is 4.60. The Balaban J connectivity index is 1.35. The molecule has 1 saturated heterocycles. The molecule has 0 saturated carbocycles. The highest BCUT2D eigenvalue weighted by atomic mass is 16.5. The molecule has 0 bridgehead atoms. The number of nitrogens with zero attached hydrogens (tertiary/aromatic N) is 2. The fourth-order valence-electron chi connectivity index (χ4n) is 4.24. The molecule has 4 rings (SSSR count). The van der Waals surface area contributed by atoms with E-state index in [-0.39, 0.29) is 30.4 Å². The van der Waals surface area contributed by atoms with Crippen molar-refractivity contribution in [1.29, 1.82) is 0 Å². The van der Waals surface area contributed by atoms with Gasteiger partial charge in [-0.25, -0.2) is 0 Å². The third-order valence-electron chi connectivity index (χ3n) is 6.12. The van der Waals surface area contributed by atoms with Crippen molar-refractivity contribution in [2.75, 3.05) is 25.5 Å². The third kappa shape index (κ3) is 4.03. The largest absolute Gasteiger partial charge is 0.380 e. The molecule has 2 atom stereocenters. The number of carbonyl (C=O) groups is 2. The summed E-state index contributed by atoms with van der Waals surface area (Å²) in [6, 6.07) is 12.9. The Kier molecular flexibility index (Phi) is 5.47. The fourth-order valence-corrected chi connectivity index (χ4v) is 4.24. The zero-order valence-electron chi connectivity index (χ0n) is 17.6. The molecular formula is C23H28N4O3. The maximum absolute atomic E-state index is 12.5. The van der Waals surface area contributed by atoms with Gasteiger partial charge in [0.2, 0.25) is 5.91 Å². The van der Waals surface area contributed by atoms with Crippen LogP contribution >= 0.6 is 0 Å². The summed E-state index contributed by atoms with van der Waals surface area (Å²) < 4.78 is 5.32. The third-order valence-corrected chi connectivity index (χ3v) is 6.12. The highest BCUT2D eigenvalue weighted by Gasteiger charge is 2.39. The second kappa shape index (κ2) is 8.07. The van der Waals surface area contributed by atoms with E-state index in [9.17, 15) is 9.59 Å². The van der Waals surface area contributed by atoms with Crippen LogP contribution in [0.5, 0.6) is 0 Å². The second-order valence-corrected chi connectivity index (χ2v) is 8.62. The molecule has 1 aliphatic heterocycles. The number of benzene rings is 1. The van der Waals surface area contributed by atoms with Crippen molar-refractivity contribution in [3.63, 3.8) is 0 Å². The summed E-state index contributed by atoms with van der Waals surface area (Å²) in [6.07, 6.45) is 2.17. The lowest BCUT2D eigenvalue weighted by atomic mass is 9.83. The van der Waals surface area contributed by atoms with E-state index in [0.29, 0.717) is 12.6 Å². The molecule has 7 nitrogen and oxygen atoms in total. The lowest BCUT2D eigenvalue weighted by Crippen LogP contribution is -2.50. The van der Waals surface area contributed by atoms with Crippen LogP contribution < -0.4 is 10.6 Å². The number of fused-ring (bicyclic) bond motifs is 1. The second-order valence-electron chi connectivity index (χ2n) is 8.62. The molecule has 0 spiro atoms. The standard InChI is InChI=1S/C23H28N4O3/c1-23(2)18-7-5-4-6-15(18)10-20(23)26-16-8-9-17(24-11-16)13-27(3)22(29)19-12-25-21(28)14-30-19/h4-9,11,19-20,26H,10,12-14H2,1-3H3,(H,25,28). The lowest BCUT2D eigenvalue weighted by molar-refractivity contribution is -0.150. The van der Waals surface area contributed by atoms with Crippen LogP contribution in [0, 0.1) is 0 Å². The predicted octanol–water partition coefficient (Wildman–Crippen LogP) is 1.87. The maximum Gasteiger partial charge on any atom is 0.253 e. The smallest absolute Gasteiger partial charge is 0.253 e. The first-order chi connectivity index (χ1) is 14.3. The van der Waals surface area contributed by atoms with Crippen molar-refractivity contribution in [2.45, 2.75) is 44.4 Å². The first-order valence-electron chi connectivity index (χ1n) is 10.3. The van der Waals surface area contributed by atoms with E-state index >= 15 is 0 Å². The van der Waals surface area contributed by atoms with Gasteiger partial charge in [0.15, 0.2) is 6.10 Å². The monoisotopic (exact) mass is 408 g/mol. The van der Waals surface area contributed by atoms with E-state index in [1.165, 1.54) is 11.1 Å². The number of hydrogen-bond acceptors (Lipinski definition) is 5. The fraction of sp³-hybridized carbons (Fsp3) is 0.435. The van der Waals surface area contributed by atoms with E-state index in [1.54, 1.807) is 11.9 Å². The molecule has 1 aliphatic carbocycles. The molecule has 7 heteroatoms. The number of likely N-dealkylation sites (N-methyl/N-ethyl adjacent to an activating group) is 1. The average molecular weight is 409 g/mol. The molecule has 2 heterocycles. The zero-order chi connectivity index (χ0) is 21.3. The summed E-state index contributed by atoms with van der Waals surface area (Å²) in [5, 5.41) is 6.29. The number of rotatable bonds is 5. The summed E-state index contributed by atoms with van der Waals surface area (Å²) >= 11 is 0. The van der Waals surface area contributed by atoms with Gasteiger partial charge in [0.25, 0.3) is 5.91 Å². The lowest BCUT2D eigenvalue weighted by Gasteiger charge is -2.30. The summed E-state index contributed by atoms with van der Waals surface area (Å²) in [7, 11) is 1.72. The molecule has 30 heavy (non-hydrogen) atoms.